The van der Waals surface area contributed by atoms with Gasteiger partial charge in [0.05, 0.1) is 5.52 Å². The number of nitrogens with zero attached hydrogens (tertiary/aromatic N) is 1. The third-order valence-electron chi connectivity index (χ3n) is 6.25. The Morgan fingerprint density at radius 2 is 1.79 bits per heavy atom. The van der Waals surface area contributed by atoms with E-state index in [4.69, 9.17) is 4.42 Å². The number of aryl methyl sites for hydroxylation is 1. The van der Waals surface area contributed by atoms with Crippen LogP contribution in [0.15, 0.2) is 45.6 Å². The number of hydrogen-bond acceptors (Lipinski definition) is 3. The smallest absolute Gasteiger partial charge is 0.408 e. The summed E-state index contributed by atoms with van der Waals surface area (Å²) < 4.78 is 32.1. The number of fused-ring (bicyclic) bond motifs is 1. The topological polar surface area (TPSA) is 49.2 Å². The molecule has 1 saturated carbocycles. The van der Waals surface area contributed by atoms with Crippen molar-refractivity contribution in [1.82, 2.24) is 9.88 Å². The Morgan fingerprint density at radius 3 is 2.52 bits per heavy atom. The molecule has 0 radical (unpaired) electrons. The molecule has 4 rings (SSSR count). The molecule has 6 heteroatoms. The zero-order valence-electron chi connectivity index (χ0n) is 16.6. The van der Waals surface area contributed by atoms with E-state index in [2.05, 4.69) is 23.0 Å². The maximum Gasteiger partial charge on any atom is 0.417 e. The number of aromatic amines is 1. The Balaban J connectivity index is 1.54. The minimum atomic E-state index is -0.529. The summed E-state index contributed by atoms with van der Waals surface area (Å²) in [5.74, 6) is -1.50. The Morgan fingerprint density at radius 1 is 1.07 bits per heavy atom. The van der Waals surface area contributed by atoms with Crippen LogP contribution in [0.5, 0.6) is 0 Å². The summed E-state index contributed by atoms with van der Waals surface area (Å²) in [5.41, 5.74) is 3.02. The molecule has 1 fully saturated rings. The number of rotatable bonds is 6. The highest BCUT2D eigenvalue weighted by Gasteiger charge is 2.37. The minimum absolute atomic E-state index is 0.116. The molecule has 2 aromatic carbocycles. The lowest BCUT2D eigenvalue weighted by Gasteiger charge is -2.45. The number of benzene rings is 2. The van der Waals surface area contributed by atoms with Gasteiger partial charge in [0, 0.05) is 11.6 Å². The van der Waals surface area contributed by atoms with Crippen molar-refractivity contribution in [2.45, 2.75) is 50.5 Å². The second-order valence-corrected chi connectivity index (χ2v) is 8.12. The summed E-state index contributed by atoms with van der Waals surface area (Å²) in [6, 6.07) is 9.69. The SMILES string of the molecule is CN(CCCc1cc(F)cc(F)c1)C1(c2ccc3[nH]c(=O)oc3c2)CCCCC1. The van der Waals surface area contributed by atoms with Crippen LogP contribution in [0.3, 0.4) is 0 Å². The number of H-pyrrole nitrogens is 1. The van der Waals surface area contributed by atoms with Crippen molar-refractivity contribution in [1.29, 1.82) is 0 Å². The maximum absolute atomic E-state index is 13.4. The third-order valence-corrected chi connectivity index (χ3v) is 6.25. The monoisotopic (exact) mass is 400 g/mol. The molecule has 0 amide bonds. The first kappa shape index (κ1) is 19.8. The second-order valence-electron chi connectivity index (χ2n) is 8.12. The Kier molecular flexibility index (Phi) is 5.54. The average Bonchev–Trinajstić information content (AvgIpc) is 3.07. The average molecular weight is 400 g/mol. The van der Waals surface area contributed by atoms with Gasteiger partial charge in [-0.15, -0.1) is 0 Å². The molecule has 1 aliphatic rings. The molecular formula is C23H26F2N2O2. The highest BCUT2D eigenvalue weighted by Crippen LogP contribution is 2.42. The number of halogens is 2. The van der Waals surface area contributed by atoms with E-state index in [9.17, 15) is 13.6 Å². The lowest BCUT2D eigenvalue weighted by atomic mass is 9.75. The van der Waals surface area contributed by atoms with Crippen molar-refractivity contribution in [2.24, 2.45) is 0 Å². The van der Waals surface area contributed by atoms with Gasteiger partial charge in [0.15, 0.2) is 5.58 Å². The van der Waals surface area contributed by atoms with Gasteiger partial charge in [0.2, 0.25) is 0 Å². The van der Waals surface area contributed by atoms with Gasteiger partial charge in [-0.05, 0) is 74.7 Å². The standard InChI is InChI=1S/C23H26F2N2O2/c1-27(11-5-6-16-12-18(24)15-19(25)13-16)23(9-3-2-4-10-23)17-7-8-20-21(14-17)29-22(28)26-20/h7-8,12-15H,2-6,9-11H2,1H3,(H,26,28). The number of oxazole rings is 1. The van der Waals surface area contributed by atoms with Crippen LogP contribution in [0.1, 0.15) is 49.7 Å². The van der Waals surface area contributed by atoms with Crippen molar-refractivity contribution >= 4 is 11.1 Å². The molecule has 1 heterocycles. The van der Waals surface area contributed by atoms with E-state index in [-0.39, 0.29) is 5.54 Å². The maximum atomic E-state index is 13.4. The van der Waals surface area contributed by atoms with E-state index in [1.165, 1.54) is 18.6 Å². The third kappa shape index (κ3) is 4.13. The Bertz CT molecular complexity index is 1030. The van der Waals surface area contributed by atoms with E-state index >= 15 is 0 Å². The van der Waals surface area contributed by atoms with Gasteiger partial charge in [-0.25, -0.2) is 13.6 Å². The summed E-state index contributed by atoms with van der Waals surface area (Å²) >= 11 is 0. The Hall–Kier alpha value is -2.47. The molecule has 0 saturated heterocycles. The molecule has 4 nitrogen and oxygen atoms in total. The van der Waals surface area contributed by atoms with Gasteiger partial charge in [0.25, 0.3) is 0 Å². The van der Waals surface area contributed by atoms with E-state index in [1.807, 2.05) is 12.1 Å². The van der Waals surface area contributed by atoms with Gasteiger partial charge in [0.1, 0.15) is 11.6 Å². The van der Waals surface area contributed by atoms with E-state index in [0.29, 0.717) is 23.1 Å². The van der Waals surface area contributed by atoms with Gasteiger partial charge < -0.3 is 4.42 Å². The van der Waals surface area contributed by atoms with Crippen LogP contribution < -0.4 is 5.76 Å². The van der Waals surface area contributed by atoms with Gasteiger partial charge in [-0.3, -0.25) is 9.88 Å². The summed E-state index contributed by atoms with van der Waals surface area (Å²) in [6.45, 7) is 0.813. The molecule has 29 heavy (non-hydrogen) atoms. The number of nitrogens with one attached hydrogen (secondary N) is 1. The Labute approximate surface area is 168 Å². The zero-order chi connectivity index (χ0) is 20.4. The highest BCUT2D eigenvalue weighted by molar-refractivity contribution is 5.73. The predicted molar refractivity (Wildman–Crippen MR) is 109 cm³/mol. The molecule has 1 aromatic heterocycles. The second kappa shape index (κ2) is 8.11. The fraction of sp³-hybridized carbons (Fsp3) is 0.435. The van der Waals surface area contributed by atoms with Crippen molar-refractivity contribution in [3.05, 3.63) is 69.7 Å². The molecular weight excluding hydrogens is 374 g/mol. The van der Waals surface area contributed by atoms with E-state index in [1.54, 1.807) is 0 Å². The number of aromatic nitrogens is 1. The first-order valence-electron chi connectivity index (χ1n) is 10.3. The highest BCUT2D eigenvalue weighted by atomic mass is 19.1. The quantitative estimate of drug-likeness (QED) is 0.625. The minimum Gasteiger partial charge on any atom is -0.408 e. The van der Waals surface area contributed by atoms with Gasteiger partial charge in [-0.1, -0.05) is 25.3 Å². The summed E-state index contributed by atoms with van der Waals surface area (Å²) in [5, 5.41) is 0. The number of hydrogen-bond donors (Lipinski definition) is 1. The van der Waals surface area contributed by atoms with Crippen LogP contribution >= 0.6 is 0 Å². The van der Waals surface area contributed by atoms with Crippen molar-refractivity contribution in [2.75, 3.05) is 13.6 Å². The molecule has 3 aromatic rings. The first-order valence-corrected chi connectivity index (χ1v) is 10.3. The molecule has 0 unspecified atom stereocenters. The van der Waals surface area contributed by atoms with Crippen LogP contribution in [0.25, 0.3) is 11.1 Å². The molecule has 1 aliphatic carbocycles. The van der Waals surface area contributed by atoms with Crippen LogP contribution in [0, 0.1) is 11.6 Å². The molecule has 0 spiro atoms. The lowest BCUT2D eigenvalue weighted by molar-refractivity contribution is 0.0715. The van der Waals surface area contributed by atoms with E-state index < -0.39 is 17.4 Å². The van der Waals surface area contributed by atoms with Crippen molar-refractivity contribution in [3.8, 4) is 0 Å². The normalized spacial score (nSPS) is 16.6. The summed E-state index contributed by atoms with van der Waals surface area (Å²) in [4.78, 5) is 16.6. The molecule has 0 bridgehead atoms. The summed E-state index contributed by atoms with van der Waals surface area (Å²) in [7, 11) is 2.12. The fourth-order valence-electron chi connectivity index (χ4n) is 4.75. The molecule has 0 aliphatic heterocycles. The first-order chi connectivity index (χ1) is 14.0. The van der Waals surface area contributed by atoms with Crippen LogP contribution in [-0.4, -0.2) is 23.5 Å². The zero-order valence-corrected chi connectivity index (χ0v) is 16.6. The molecule has 154 valence electrons. The van der Waals surface area contributed by atoms with Gasteiger partial charge in [-0.2, -0.15) is 0 Å². The fourth-order valence-corrected chi connectivity index (χ4v) is 4.75. The van der Waals surface area contributed by atoms with Crippen molar-refractivity contribution in [3.63, 3.8) is 0 Å². The predicted octanol–water partition coefficient (Wildman–Crippen LogP) is 5.12. The largest absolute Gasteiger partial charge is 0.417 e. The van der Waals surface area contributed by atoms with Gasteiger partial charge >= 0.3 is 5.76 Å². The van der Waals surface area contributed by atoms with Crippen molar-refractivity contribution < 1.29 is 13.2 Å². The van der Waals surface area contributed by atoms with E-state index in [0.717, 1.165) is 50.3 Å². The molecule has 0 atom stereocenters. The summed E-state index contributed by atoms with van der Waals surface area (Å²) in [6.07, 6.45) is 7.03. The van der Waals surface area contributed by atoms with Crippen LogP contribution in [0.2, 0.25) is 0 Å². The van der Waals surface area contributed by atoms with Crippen LogP contribution in [0.4, 0.5) is 8.78 Å². The lowest BCUT2D eigenvalue weighted by Crippen LogP contribution is -2.45. The van der Waals surface area contributed by atoms with Crippen LogP contribution in [-0.2, 0) is 12.0 Å². The molecule has 1 N–H and O–H groups in total.